The van der Waals surface area contributed by atoms with Gasteiger partial charge < -0.3 is 20.2 Å². The SMILES string of the molecule is COc1ccc(NC(=O)c2ccc(CN)o2)c(C)c1. The van der Waals surface area contributed by atoms with E-state index in [2.05, 4.69) is 5.32 Å². The maximum absolute atomic E-state index is 12.0. The second kappa shape index (κ2) is 5.58. The van der Waals surface area contributed by atoms with Crippen LogP contribution in [0, 0.1) is 6.92 Å². The van der Waals surface area contributed by atoms with Crippen LogP contribution in [0.3, 0.4) is 0 Å². The van der Waals surface area contributed by atoms with E-state index in [0.29, 0.717) is 5.76 Å². The van der Waals surface area contributed by atoms with Crippen LogP contribution in [0.25, 0.3) is 0 Å². The number of methoxy groups -OCH3 is 1. The Morgan fingerprint density at radius 1 is 1.37 bits per heavy atom. The van der Waals surface area contributed by atoms with Crippen LogP contribution in [0.4, 0.5) is 5.69 Å². The van der Waals surface area contributed by atoms with E-state index in [-0.39, 0.29) is 18.2 Å². The molecule has 0 radical (unpaired) electrons. The van der Waals surface area contributed by atoms with Gasteiger partial charge in [-0.2, -0.15) is 0 Å². The van der Waals surface area contributed by atoms with Gasteiger partial charge in [-0.05, 0) is 42.8 Å². The zero-order valence-electron chi connectivity index (χ0n) is 10.9. The topological polar surface area (TPSA) is 77.5 Å². The molecule has 1 aromatic heterocycles. The fourth-order valence-corrected chi connectivity index (χ4v) is 1.70. The lowest BCUT2D eigenvalue weighted by atomic mass is 10.2. The molecule has 1 heterocycles. The van der Waals surface area contributed by atoms with Gasteiger partial charge in [-0.1, -0.05) is 0 Å². The lowest BCUT2D eigenvalue weighted by Gasteiger charge is -2.08. The number of ether oxygens (including phenoxy) is 1. The lowest BCUT2D eigenvalue weighted by molar-refractivity contribution is 0.0995. The number of hydrogen-bond acceptors (Lipinski definition) is 4. The Kier molecular flexibility index (Phi) is 3.87. The second-order valence-electron chi connectivity index (χ2n) is 4.11. The molecular weight excluding hydrogens is 244 g/mol. The number of amides is 1. The molecule has 0 aliphatic carbocycles. The fraction of sp³-hybridized carbons (Fsp3) is 0.214. The van der Waals surface area contributed by atoms with Crippen molar-refractivity contribution in [1.29, 1.82) is 0 Å². The van der Waals surface area contributed by atoms with Gasteiger partial charge in [0, 0.05) is 5.69 Å². The van der Waals surface area contributed by atoms with E-state index in [1.54, 1.807) is 31.4 Å². The molecule has 1 aromatic carbocycles. The van der Waals surface area contributed by atoms with Gasteiger partial charge in [0.15, 0.2) is 5.76 Å². The first kappa shape index (κ1) is 13.2. The van der Waals surface area contributed by atoms with Crippen molar-refractivity contribution in [2.24, 2.45) is 5.73 Å². The van der Waals surface area contributed by atoms with Crippen LogP contribution < -0.4 is 15.8 Å². The molecule has 0 unspecified atom stereocenters. The van der Waals surface area contributed by atoms with E-state index in [0.717, 1.165) is 17.0 Å². The molecule has 0 saturated carbocycles. The average molecular weight is 260 g/mol. The number of rotatable bonds is 4. The minimum atomic E-state index is -0.298. The number of nitrogens with one attached hydrogen (secondary N) is 1. The molecule has 3 N–H and O–H groups in total. The summed E-state index contributed by atoms with van der Waals surface area (Å²) in [5.41, 5.74) is 7.07. The third kappa shape index (κ3) is 2.95. The molecule has 0 fully saturated rings. The van der Waals surface area contributed by atoms with Crippen molar-refractivity contribution in [3.63, 3.8) is 0 Å². The summed E-state index contributed by atoms with van der Waals surface area (Å²) in [6, 6.07) is 8.73. The van der Waals surface area contributed by atoms with Gasteiger partial charge in [0.05, 0.1) is 13.7 Å². The summed E-state index contributed by atoms with van der Waals surface area (Å²) in [5, 5.41) is 2.79. The minimum absolute atomic E-state index is 0.246. The highest BCUT2D eigenvalue weighted by Crippen LogP contribution is 2.21. The Hall–Kier alpha value is -2.27. The highest BCUT2D eigenvalue weighted by atomic mass is 16.5. The normalized spacial score (nSPS) is 10.3. The molecule has 2 rings (SSSR count). The van der Waals surface area contributed by atoms with Crippen LogP contribution >= 0.6 is 0 Å². The number of hydrogen-bond donors (Lipinski definition) is 2. The minimum Gasteiger partial charge on any atom is -0.497 e. The van der Waals surface area contributed by atoms with Crippen molar-refractivity contribution in [2.75, 3.05) is 12.4 Å². The number of carbonyl (C=O) groups is 1. The van der Waals surface area contributed by atoms with Crippen molar-refractivity contribution >= 4 is 11.6 Å². The van der Waals surface area contributed by atoms with Gasteiger partial charge in [0.25, 0.3) is 5.91 Å². The molecular formula is C14H16N2O3. The first-order valence-electron chi connectivity index (χ1n) is 5.89. The van der Waals surface area contributed by atoms with E-state index in [1.165, 1.54) is 0 Å². The zero-order chi connectivity index (χ0) is 13.8. The summed E-state index contributed by atoms with van der Waals surface area (Å²) in [4.78, 5) is 12.0. The molecule has 0 bridgehead atoms. The summed E-state index contributed by atoms with van der Waals surface area (Å²) in [6.07, 6.45) is 0. The summed E-state index contributed by atoms with van der Waals surface area (Å²) >= 11 is 0. The van der Waals surface area contributed by atoms with Gasteiger partial charge in [-0.3, -0.25) is 4.79 Å². The van der Waals surface area contributed by atoms with Gasteiger partial charge in [-0.15, -0.1) is 0 Å². The van der Waals surface area contributed by atoms with Crippen LogP contribution in [0.15, 0.2) is 34.7 Å². The smallest absolute Gasteiger partial charge is 0.291 e. The number of aryl methyl sites for hydroxylation is 1. The number of anilines is 1. The molecule has 0 aliphatic heterocycles. The second-order valence-corrected chi connectivity index (χ2v) is 4.11. The molecule has 100 valence electrons. The predicted molar refractivity (Wildman–Crippen MR) is 72.3 cm³/mol. The summed E-state index contributed by atoms with van der Waals surface area (Å²) in [5.74, 6) is 1.28. The first-order valence-corrected chi connectivity index (χ1v) is 5.89. The third-order valence-corrected chi connectivity index (χ3v) is 2.77. The zero-order valence-corrected chi connectivity index (χ0v) is 10.9. The summed E-state index contributed by atoms with van der Waals surface area (Å²) in [6.45, 7) is 2.17. The highest BCUT2D eigenvalue weighted by molar-refractivity contribution is 6.02. The van der Waals surface area contributed by atoms with Crippen molar-refractivity contribution < 1.29 is 13.9 Å². The fourth-order valence-electron chi connectivity index (χ4n) is 1.70. The Bertz CT molecular complexity index is 590. The van der Waals surface area contributed by atoms with Crippen LogP contribution in [-0.2, 0) is 6.54 Å². The molecule has 1 amide bonds. The predicted octanol–water partition coefficient (Wildman–Crippen LogP) is 2.31. The van der Waals surface area contributed by atoms with Crippen molar-refractivity contribution in [3.8, 4) is 5.75 Å². The van der Waals surface area contributed by atoms with Gasteiger partial charge >= 0.3 is 0 Å². The molecule has 0 saturated heterocycles. The standard InChI is InChI=1S/C14H16N2O3/c1-9-7-10(18-2)3-5-12(9)16-14(17)13-6-4-11(8-15)19-13/h3-7H,8,15H2,1-2H3,(H,16,17). The van der Waals surface area contributed by atoms with Gasteiger partial charge in [-0.25, -0.2) is 0 Å². The van der Waals surface area contributed by atoms with Crippen molar-refractivity contribution in [1.82, 2.24) is 0 Å². The molecule has 0 aliphatic rings. The maximum Gasteiger partial charge on any atom is 0.291 e. The molecule has 5 heteroatoms. The van der Waals surface area contributed by atoms with Crippen LogP contribution in [0.2, 0.25) is 0 Å². The summed E-state index contributed by atoms with van der Waals surface area (Å²) < 4.78 is 10.4. The van der Waals surface area contributed by atoms with Crippen molar-refractivity contribution in [3.05, 3.63) is 47.4 Å². The number of carbonyl (C=O) groups excluding carboxylic acids is 1. The monoisotopic (exact) mass is 260 g/mol. The summed E-state index contributed by atoms with van der Waals surface area (Å²) in [7, 11) is 1.60. The van der Waals surface area contributed by atoms with E-state index in [4.69, 9.17) is 14.9 Å². The largest absolute Gasteiger partial charge is 0.497 e. The number of furan rings is 1. The molecule has 0 spiro atoms. The third-order valence-electron chi connectivity index (χ3n) is 2.77. The Morgan fingerprint density at radius 2 is 2.16 bits per heavy atom. The van der Waals surface area contributed by atoms with Crippen LogP contribution in [0.5, 0.6) is 5.75 Å². The van der Waals surface area contributed by atoms with Gasteiger partial charge in [0.2, 0.25) is 0 Å². The number of nitrogens with two attached hydrogens (primary N) is 1. The average Bonchev–Trinajstić information content (AvgIpc) is 2.90. The van der Waals surface area contributed by atoms with E-state index < -0.39 is 0 Å². The van der Waals surface area contributed by atoms with E-state index >= 15 is 0 Å². The lowest BCUT2D eigenvalue weighted by Crippen LogP contribution is -2.11. The van der Waals surface area contributed by atoms with E-state index in [9.17, 15) is 4.79 Å². The molecule has 19 heavy (non-hydrogen) atoms. The van der Waals surface area contributed by atoms with Gasteiger partial charge in [0.1, 0.15) is 11.5 Å². The highest BCUT2D eigenvalue weighted by Gasteiger charge is 2.12. The maximum atomic E-state index is 12.0. The first-order chi connectivity index (χ1) is 9.13. The molecule has 5 nitrogen and oxygen atoms in total. The van der Waals surface area contributed by atoms with Crippen LogP contribution in [0.1, 0.15) is 21.9 Å². The number of benzene rings is 1. The van der Waals surface area contributed by atoms with Crippen LogP contribution in [-0.4, -0.2) is 13.0 Å². The Balaban J connectivity index is 2.14. The van der Waals surface area contributed by atoms with E-state index in [1.807, 2.05) is 13.0 Å². The Morgan fingerprint density at radius 3 is 2.74 bits per heavy atom. The van der Waals surface area contributed by atoms with Crippen molar-refractivity contribution in [2.45, 2.75) is 13.5 Å². The molecule has 2 aromatic rings. The Labute approximate surface area is 111 Å². The quantitative estimate of drug-likeness (QED) is 0.884. The molecule has 0 atom stereocenters.